The molecule has 0 aliphatic heterocycles. The molecule has 2 aliphatic carbocycles. The van der Waals surface area contributed by atoms with E-state index in [1.165, 1.54) is 31.4 Å². The molecule has 2 aliphatic rings. The van der Waals surface area contributed by atoms with Crippen molar-refractivity contribution in [2.75, 3.05) is 0 Å². The average molecular weight is 461 g/mol. The van der Waals surface area contributed by atoms with E-state index in [-0.39, 0.29) is 11.5 Å². The molecule has 0 saturated heterocycles. The zero-order chi connectivity index (χ0) is 22.8. The van der Waals surface area contributed by atoms with Gasteiger partial charge in [-0.15, -0.1) is 0 Å². The van der Waals surface area contributed by atoms with Gasteiger partial charge in [0.1, 0.15) is 28.3 Å². The second-order valence-electron chi connectivity index (χ2n) is 8.99. The van der Waals surface area contributed by atoms with E-state index in [4.69, 9.17) is 11.6 Å². The number of benzene rings is 2. The lowest BCUT2D eigenvalue weighted by Crippen LogP contribution is -2.30. The fourth-order valence-electron chi connectivity index (χ4n) is 5.39. The Bertz CT molecular complexity index is 1050. The van der Waals surface area contributed by atoms with Crippen molar-refractivity contribution < 1.29 is 17.6 Å². The standard InChI is InChI=1S/C27H25ClF4/c1-2-3-16-4-6-19-13-20(8-7-18(19)10-16)21-14-23(29)22(24(30)15-21)9-5-17-11-25(31)27(28)26(32)12-17/h2-3,11-12,14-16,18-20H,4,6-8,10,13H2,1H3/b3-2+. The van der Waals surface area contributed by atoms with Crippen molar-refractivity contribution in [3.63, 3.8) is 0 Å². The summed E-state index contributed by atoms with van der Waals surface area (Å²) in [6, 6.07) is 4.61. The first-order valence-corrected chi connectivity index (χ1v) is 11.5. The zero-order valence-corrected chi connectivity index (χ0v) is 18.7. The zero-order valence-electron chi connectivity index (χ0n) is 17.9. The van der Waals surface area contributed by atoms with Crippen LogP contribution in [0.15, 0.2) is 36.4 Å². The molecule has 168 valence electrons. The van der Waals surface area contributed by atoms with Crippen LogP contribution in [0.3, 0.4) is 0 Å². The Labute approximate surface area is 191 Å². The van der Waals surface area contributed by atoms with E-state index in [9.17, 15) is 17.6 Å². The van der Waals surface area contributed by atoms with Crippen LogP contribution in [0.4, 0.5) is 17.6 Å². The van der Waals surface area contributed by atoms with E-state index in [0.29, 0.717) is 23.3 Å². The smallest absolute Gasteiger partial charge is 0.146 e. The molecule has 2 saturated carbocycles. The number of allylic oxidation sites excluding steroid dienone is 2. The number of halogens is 5. The second-order valence-corrected chi connectivity index (χ2v) is 9.37. The highest BCUT2D eigenvalue weighted by Crippen LogP contribution is 2.48. The Morgan fingerprint density at radius 1 is 0.812 bits per heavy atom. The molecule has 0 nitrogen and oxygen atoms in total. The quantitative estimate of drug-likeness (QED) is 0.183. The molecule has 0 heterocycles. The lowest BCUT2D eigenvalue weighted by Gasteiger charge is -2.41. The van der Waals surface area contributed by atoms with Gasteiger partial charge in [-0.2, -0.15) is 0 Å². The lowest BCUT2D eigenvalue weighted by atomic mass is 9.64. The average Bonchev–Trinajstić information content (AvgIpc) is 2.76. The van der Waals surface area contributed by atoms with Crippen molar-refractivity contribution in [2.24, 2.45) is 17.8 Å². The second kappa shape index (κ2) is 9.71. The normalized spacial score (nSPS) is 25.3. The summed E-state index contributed by atoms with van der Waals surface area (Å²) in [6.45, 7) is 2.06. The fraction of sp³-hybridized carbons (Fsp3) is 0.407. The van der Waals surface area contributed by atoms with Gasteiger partial charge in [0.2, 0.25) is 0 Å². The molecule has 0 spiro atoms. The minimum Gasteiger partial charge on any atom is -0.206 e. The van der Waals surface area contributed by atoms with Gasteiger partial charge in [-0.25, -0.2) is 17.6 Å². The first-order valence-electron chi connectivity index (χ1n) is 11.1. The van der Waals surface area contributed by atoms with Gasteiger partial charge in [0.25, 0.3) is 0 Å². The molecule has 4 atom stereocenters. The molecular weight excluding hydrogens is 436 g/mol. The number of fused-ring (bicyclic) bond motifs is 1. The molecule has 0 amide bonds. The van der Waals surface area contributed by atoms with Gasteiger partial charge in [0, 0.05) is 5.56 Å². The fourth-order valence-corrected chi connectivity index (χ4v) is 5.49. The van der Waals surface area contributed by atoms with Gasteiger partial charge >= 0.3 is 0 Å². The summed E-state index contributed by atoms with van der Waals surface area (Å²) in [5, 5.41) is -0.637. The molecule has 4 unspecified atom stereocenters. The third-order valence-electron chi connectivity index (χ3n) is 6.97. The summed E-state index contributed by atoms with van der Waals surface area (Å²) in [5.41, 5.74) is 0.229. The molecule has 0 radical (unpaired) electrons. The van der Waals surface area contributed by atoms with Crippen LogP contribution < -0.4 is 0 Å². The predicted molar refractivity (Wildman–Crippen MR) is 119 cm³/mol. The third-order valence-corrected chi connectivity index (χ3v) is 7.33. The van der Waals surface area contributed by atoms with Crippen LogP contribution in [0.2, 0.25) is 5.02 Å². The molecule has 2 aromatic rings. The Hall–Kier alpha value is -2.25. The van der Waals surface area contributed by atoms with Crippen LogP contribution in [-0.2, 0) is 0 Å². The van der Waals surface area contributed by atoms with Crippen LogP contribution in [0, 0.1) is 52.9 Å². The minimum atomic E-state index is -0.970. The molecule has 32 heavy (non-hydrogen) atoms. The van der Waals surface area contributed by atoms with Crippen molar-refractivity contribution in [1.29, 1.82) is 0 Å². The summed E-state index contributed by atoms with van der Waals surface area (Å²) in [4.78, 5) is 0. The maximum Gasteiger partial charge on any atom is 0.146 e. The SMILES string of the molecule is C/C=C/C1CCC2CC(c3cc(F)c(C#Cc4cc(F)c(Cl)c(F)c4)c(F)c3)CCC2C1. The highest BCUT2D eigenvalue weighted by Gasteiger charge is 2.35. The van der Waals surface area contributed by atoms with Crippen molar-refractivity contribution in [1.82, 2.24) is 0 Å². The van der Waals surface area contributed by atoms with Crippen molar-refractivity contribution in [3.8, 4) is 11.8 Å². The highest BCUT2D eigenvalue weighted by atomic mass is 35.5. The maximum atomic E-state index is 14.7. The van der Waals surface area contributed by atoms with Crippen LogP contribution >= 0.6 is 11.6 Å². The van der Waals surface area contributed by atoms with Crippen molar-refractivity contribution in [3.05, 3.63) is 81.4 Å². The van der Waals surface area contributed by atoms with Crippen LogP contribution in [0.5, 0.6) is 0 Å². The number of hydrogen-bond acceptors (Lipinski definition) is 0. The molecule has 0 bridgehead atoms. The van der Waals surface area contributed by atoms with E-state index >= 15 is 0 Å². The summed E-state index contributed by atoms with van der Waals surface area (Å²) < 4.78 is 56.6. The Morgan fingerprint density at radius 2 is 1.44 bits per heavy atom. The van der Waals surface area contributed by atoms with Crippen LogP contribution in [-0.4, -0.2) is 0 Å². The molecule has 0 N–H and O–H groups in total. The lowest BCUT2D eigenvalue weighted by molar-refractivity contribution is 0.133. The summed E-state index contributed by atoms with van der Waals surface area (Å²) >= 11 is 5.45. The van der Waals surface area contributed by atoms with E-state index in [1.54, 1.807) is 0 Å². The maximum absolute atomic E-state index is 14.7. The largest absolute Gasteiger partial charge is 0.206 e. The topological polar surface area (TPSA) is 0 Å². The number of hydrogen-bond donors (Lipinski definition) is 0. The van der Waals surface area contributed by atoms with Gasteiger partial charge in [-0.05, 0) is 98.9 Å². The van der Waals surface area contributed by atoms with Gasteiger partial charge in [-0.1, -0.05) is 35.6 Å². The van der Waals surface area contributed by atoms with Crippen molar-refractivity contribution >= 4 is 11.6 Å². The Balaban J connectivity index is 1.51. The molecular formula is C27H25ClF4. The molecule has 5 heteroatoms. The molecule has 2 aromatic carbocycles. The Kier molecular flexibility index (Phi) is 6.96. The Morgan fingerprint density at radius 3 is 2.09 bits per heavy atom. The van der Waals surface area contributed by atoms with E-state index in [1.807, 2.05) is 0 Å². The first kappa shape index (κ1) is 22.9. The molecule has 4 rings (SSSR count). The first-order chi connectivity index (χ1) is 15.4. The highest BCUT2D eigenvalue weighted by molar-refractivity contribution is 6.30. The van der Waals surface area contributed by atoms with Crippen LogP contribution in [0.25, 0.3) is 0 Å². The van der Waals surface area contributed by atoms with Gasteiger partial charge in [-0.3, -0.25) is 0 Å². The molecule has 2 fully saturated rings. The summed E-state index contributed by atoms with van der Waals surface area (Å²) in [5.74, 6) is 3.47. The van der Waals surface area contributed by atoms with Gasteiger partial charge < -0.3 is 0 Å². The van der Waals surface area contributed by atoms with E-state index in [2.05, 4.69) is 30.9 Å². The summed E-state index contributed by atoms with van der Waals surface area (Å²) in [6.07, 6.45) is 11.0. The monoisotopic (exact) mass is 460 g/mol. The third kappa shape index (κ3) is 4.89. The molecule has 0 aromatic heterocycles. The van der Waals surface area contributed by atoms with E-state index < -0.39 is 33.9 Å². The van der Waals surface area contributed by atoms with Crippen molar-refractivity contribution in [2.45, 2.75) is 51.4 Å². The predicted octanol–water partition coefficient (Wildman–Crippen LogP) is 8.17. The van der Waals surface area contributed by atoms with E-state index in [0.717, 1.165) is 31.4 Å². The summed E-state index contributed by atoms with van der Waals surface area (Å²) in [7, 11) is 0. The van der Waals surface area contributed by atoms with Gasteiger partial charge in [0.15, 0.2) is 0 Å². The number of rotatable bonds is 2. The van der Waals surface area contributed by atoms with Crippen LogP contribution in [0.1, 0.15) is 68.1 Å². The van der Waals surface area contributed by atoms with Gasteiger partial charge in [0.05, 0.1) is 5.56 Å². The minimum absolute atomic E-state index is 0.0425.